The second-order valence-electron chi connectivity index (χ2n) is 7.51. The van der Waals surface area contributed by atoms with Crippen molar-refractivity contribution in [3.8, 4) is 11.5 Å². The summed E-state index contributed by atoms with van der Waals surface area (Å²) in [6, 6.07) is 7.94. The van der Waals surface area contributed by atoms with Crippen LogP contribution in [0.1, 0.15) is 25.2 Å². The van der Waals surface area contributed by atoms with Gasteiger partial charge < -0.3 is 11.1 Å². The zero-order chi connectivity index (χ0) is 23.0. The maximum Gasteiger partial charge on any atom is 0.228 e. The molecule has 4 rings (SSSR count). The van der Waals surface area contributed by atoms with E-state index in [9.17, 15) is 18.0 Å². The Kier molecular flexibility index (Phi) is 5.52. The highest BCUT2D eigenvalue weighted by Crippen LogP contribution is 2.27. The number of pyridine rings is 1. The first-order chi connectivity index (χ1) is 15.2. The summed E-state index contributed by atoms with van der Waals surface area (Å²) < 4.78 is 43.3. The molecule has 0 radical (unpaired) electrons. The van der Waals surface area contributed by atoms with Crippen molar-refractivity contribution in [1.82, 2.24) is 19.4 Å². The first kappa shape index (κ1) is 21.3. The van der Waals surface area contributed by atoms with Gasteiger partial charge in [0.2, 0.25) is 5.91 Å². The van der Waals surface area contributed by atoms with Gasteiger partial charge in [0.25, 0.3) is 0 Å². The molecule has 7 nitrogen and oxygen atoms in total. The van der Waals surface area contributed by atoms with Gasteiger partial charge in [-0.3, -0.25) is 9.20 Å². The molecule has 0 saturated carbocycles. The number of nitrogens with one attached hydrogen (secondary N) is 1. The molecule has 0 aliphatic heterocycles. The van der Waals surface area contributed by atoms with Crippen LogP contribution < -0.4 is 11.1 Å². The predicted molar refractivity (Wildman–Crippen MR) is 113 cm³/mol. The highest BCUT2D eigenvalue weighted by atomic mass is 19.2. The molecule has 3 N–H and O–H groups in total. The van der Waals surface area contributed by atoms with Crippen molar-refractivity contribution in [3.63, 3.8) is 0 Å². The van der Waals surface area contributed by atoms with E-state index in [1.54, 1.807) is 13.8 Å². The van der Waals surface area contributed by atoms with Crippen LogP contribution in [0, 0.1) is 23.4 Å². The SMILES string of the molecule is CC(C)C(=O)Nc1cc(N)nc(-c2nc(Cc3cccc(F)c3F)n3cc(F)ccc23)n1. The molecule has 3 aromatic heterocycles. The lowest BCUT2D eigenvalue weighted by Gasteiger charge is -2.08. The average Bonchev–Trinajstić information content (AvgIpc) is 3.08. The Balaban J connectivity index is 1.83. The van der Waals surface area contributed by atoms with Gasteiger partial charge in [-0.15, -0.1) is 0 Å². The number of benzene rings is 1. The largest absolute Gasteiger partial charge is 0.384 e. The molecule has 0 aliphatic rings. The molecule has 0 unspecified atom stereocenters. The van der Waals surface area contributed by atoms with Crippen molar-refractivity contribution in [2.24, 2.45) is 5.92 Å². The molecular formula is C22H19F3N6O. The van der Waals surface area contributed by atoms with Crippen molar-refractivity contribution >= 4 is 23.1 Å². The van der Waals surface area contributed by atoms with Crippen molar-refractivity contribution in [1.29, 1.82) is 0 Å². The average molecular weight is 440 g/mol. The number of amides is 1. The van der Waals surface area contributed by atoms with Crippen LogP contribution in [0.25, 0.3) is 17.0 Å². The van der Waals surface area contributed by atoms with E-state index in [0.717, 1.165) is 6.07 Å². The van der Waals surface area contributed by atoms with E-state index in [4.69, 9.17) is 5.73 Å². The van der Waals surface area contributed by atoms with Crippen molar-refractivity contribution in [3.05, 3.63) is 71.4 Å². The molecule has 1 amide bonds. The van der Waals surface area contributed by atoms with Crippen molar-refractivity contribution in [2.45, 2.75) is 20.3 Å². The van der Waals surface area contributed by atoms with Gasteiger partial charge in [0.15, 0.2) is 17.5 Å². The summed E-state index contributed by atoms with van der Waals surface area (Å²) in [4.78, 5) is 25.0. The van der Waals surface area contributed by atoms with E-state index < -0.39 is 17.5 Å². The predicted octanol–water partition coefficient (Wildman–Crippen LogP) is 3.98. The monoisotopic (exact) mass is 440 g/mol. The van der Waals surface area contributed by atoms with E-state index in [0.29, 0.717) is 5.52 Å². The fourth-order valence-corrected chi connectivity index (χ4v) is 3.17. The summed E-state index contributed by atoms with van der Waals surface area (Å²) in [5.74, 6) is -2.44. The fourth-order valence-electron chi connectivity index (χ4n) is 3.17. The second-order valence-corrected chi connectivity index (χ2v) is 7.51. The Labute approximate surface area is 181 Å². The van der Waals surface area contributed by atoms with Gasteiger partial charge in [0.1, 0.15) is 29.0 Å². The third-order valence-corrected chi connectivity index (χ3v) is 4.79. The maximum absolute atomic E-state index is 14.2. The summed E-state index contributed by atoms with van der Waals surface area (Å²) in [6.07, 6.45) is 1.08. The first-order valence-electron chi connectivity index (χ1n) is 9.78. The van der Waals surface area contributed by atoms with Crippen molar-refractivity contribution in [2.75, 3.05) is 11.1 Å². The molecule has 3 heterocycles. The van der Waals surface area contributed by atoms with Crippen LogP contribution in [-0.4, -0.2) is 25.3 Å². The van der Waals surface area contributed by atoms with Crippen LogP contribution in [0.4, 0.5) is 24.8 Å². The van der Waals surface area contributed by atoms with Gasteiger partial charge in [-0.1, -0.05) is 26.0 Å². The molecular weight excluding hydrogens is 421 g/mol. The number of hydrogen-bond donors (Lipinski definition) is 2. The summed E-state index contributed by atoms with van der Waals surface area (Å²) in [5, 5.41) is 2.65. The number of halogens is 3. The maximum atomic E-state index is 14.2. The summed E-state index contributed by atoms with van der Waals surface area (Å²) in [5.41, 5.74) is 6.65. The number of rotatable bonds is 5. The van der Waals surface area contributed by atoms with Gasteiger partial charge in [-0.25, -0.2) is 28.1 Å². The standard InChI is InChI=1S/C22H19F3N6O/c1-11(2)22(32)29-17-9-16(26)27-21(28-17)20-15-7-6-13(23)10-31(15)18(30-20)8-12-4-3-5-14(24)19(12)25/h3-7,9-11H,8H2,1-2H3,(H3,26,27,28,29,32). The Morgan fingerprint density at radius 3 is 2.66 bits per heavy atom. The molecule has 1 aromatic carbocycles. The van der Waals surface area contributed by atoms with E-state index in [2.05, 4.69) is 20.3 Å². The molecule has 0 saturated heterocycles. The number of nitrogens with zero attached hydrogens (tertiary/aromatic N) is 4. The summed E-state index contributed by atoms with van der Waals surface area (Å²) >= 11 is 0. The number of aromatic nitrogens is 4. The molecule has 0 spiro atoms. The number of imidazole rings is 1. The normalized spacial score (nSPS) is 11.3. The van der Waals surface area contributed by atoms with Gasteiger partial charge in [-0.2, -0.15) is 0 Å². The molecule has 0 fully saturated rings. The minimum absolute atomic E-state index is 0.0612. The Hall–Kier alpha value is -3.95. The van der Waals surface area contributed by atoms with E-state index in [-0.39, 0.29) is 52.8 Å². The smallest absolute Gasteiger partial charge is 0.228 e. The molecule has 0 bridgehead atoms. The van der Waals surface area contributed by atoms with Crippen LogP contribution in [0.5, 0.6) is 0 Å². The van der Waals surface area contributed by atoms with Crippen LogP contribution in [-0.2, 0) is 11.2 Å². The third kappa shape index (κ3) is 4.11. The quantitative estimate of drug-likeness (QED) is 0.489. The van der Waals surface area contributed by atoms with E-state index >= 15 is 0 Å². The number of carbonyl (C=O) groups excluding carboxylic acids is 1. The zero-order valence-electron chi connectivity index (χ0n) is 17.2. The van der Waals surface area contributed by atoms with Gasteiger partial charge in [-0.05, 0) is 23.8 Å². The highest BCUT2D eigenvalue weighted by Gasteiger charge is 2.19. The number of anilines is 2. The van der Waals surface area contributed by atoms with Gasteiger partial charge >= 0.3 is 0 Å². The number of nitrogen functional groups attached to an aromatic ring is 1. The second kappa shape index (κ2) is 8.29. The Morgan fingerprint density at radius 2 is 1.91 bits per heavy atom. The van der Waals surface area contributed by atoms with E-state index in [1.165, 1.54) is 40.9 Å². The van der Waals surface area contributed by atoms with Gasteiger partial charge in [0.05, 0.1) is 5.52 Å². The summed E-state index contributed by atoms with van der Waals surface area (Å²) in [7, 11) is 0. The highest BCUT2D eigenvalue weighted by molar-refractivity contribution is 5.91. The Bertz CT molecular complexity index is 1330. The lowest BCUT2D eigenvalue weighted by Crippen LogP contribution is -2.19. The Morgan fingerprint density at radius 1 is 1.12 bits per heavy atom. The topological polar surface area (TPSA) is 98.2 Å². The zero-order valence-corrected chi connectivity index (χ0v) is 17.2. The first-order valence-corrected chi connectivity index (χ1v) is 9.78. The van der Waals surface area contributed by atoms with Crippen LogP contribution in [0.2, 0.25) is 0 Å². The lowest BCUT2D eigenvalue weighted by molar-refractivity contribution is -0.118. The van der Waals surface area contributed by atoms with Crippen LogP contribution >= 0.6 is 0 Å². The van der Waals surface area contributed by atoms with Crippen molar-refractivity contribution < 1.29 is 18.0 Å². The molecule has 164 valence electrons. The molecule has 32 heavy (non-hydrogen) atoms. The van der Waals surface area contributed by atoms with Crippen LogP contribution in [0.3, 0.4) is 0 Å². The third-order valence-electron chi connectivity index (χ3n) is 4.79. The number of carbonyl (C=O) groups is 1. The fraction of sp³-hybridized carbons (Fsp3) is 0.182. The van der Waals surface area contributed by atoms with Crippen LogP contribution in [0.15, 0.2) is 42.6 Å². The number of fused-ring (bicyclic) bond motifs is 1. The lowest BCUT2D eigenvalue weighted by atomic mass is 10.1. The van der Waals surface area contributed by atoms with E-state index in [1.807, 2.05) is 0 Å². The number of nitrogens with two attached hydrogens (primary N) is 1. The number of hydrogen-bond acceptors (Lipinski definition) is 5. The minimum Gasteiger partial charge on any atom is -0.384 e. The van der Waals surface area contributed by atoms with Gasteiger partial charge in [0, 0.05) is 24.6 Å². The summed E-state index contributed by atoms with van der Waals surface area (Å²) in [6.45, 7) is 3.46. The molecule has 0 aliphatic carbocycles. The molecule has 0 atom stereocenters. The molecule has 10 heteroatoms. The molecule has 4 aromatic rings. The minimum atomic E-state index is -0.999.